The topological polar surface area (TPSA) is 104 Å². The number of hydrogen-bond donors (Lipinski definition) is 1. The fourth-order valence-corrected chi connectivity index (χ4v) is 2.33. The third-order valence-electron chi connectivity index (χ3n) is 3.50. The van der Waals surface area contributed by atoms with Gasteiger partial charge in [0.25, 0.3) is 5.91 Å². The van der Waals surface area contributed by atoms with E-state index in [-0.39, 0.29) is 11.8 Å². The number of amides is 2. The van der Waals surface area contributed by atoms with Crippen molar-refractivity contribution in [3.05, 3.63) is 5.89 Å². The Hall–Kier alpha value is -2.45. The number of rotatable bonds is 2. The summed E-state index contributed by atoms with van der Waals surface area (Å²) in [6, 6.07) is 0.488. The monoisotopic (exact) mass is 292 g/mol. The van der Waals surface area contributed by atoms with Crippen molar-refractivity contribution in [2.75, 3.05) is 31.1 Å². The Balaban J connectivity index is 1.58. The van der Waals surface area contributed by atoms with Crippen LogP contribution in [-0.4, -0.2) is 58.8 Å². The molecule has 3 heterocycles. The quantitative estimate of drug-likeness (QED) is 0.772. The number of aryl methyl sites for hydroxylation is 1. The molecule has 0 aliphatic carbocycles. The second-order valence-corrected chi connectivity index (χ2v) is 4.98. The molecule has 112 valence electrons. The Bertz CT molecular complexity index is 588. The predicted molar refractivity (Wildman–Crippen MR) is 72.6 cm³/mol. The molecule has 1 aromatic heterocycles. The molecular weight excluding hydrogens is 276 g/mol. The van der Waals surface area contributed by atoms with E-state index >= 15 is 0 Å². The van der Waals surface area contributed by atoms with E-state index in [1.165, 1.54) is 0 Å². The number of carbonyl (C=O) groups excluding carboxylic acids is 2. The molecule has 0 bridgehead atoms. The van der Waals surface area contributed by atoms with Crippen molar-refractivity contribution in [3.8, 4) is 0 Å². The third-order valence-corrected chi connectivity index (χ3v) is 3.50. The molecule has 3 rings (SSSR count). The molecule has 0 spiro atoms. The lowest BCUT2D eigenvalue weighted by Crippen LogP contribution is -2.51. The second kappa shape index (κ2) is 5.51. The largest absolute Gasteiger partial charge is 0.408 e. The van der Waals surface area contributed by atoms with Crippen molar-refractivity contribution >= 4 is 23.5 Å². The van der Waals surface area contributed by atoms with Crippen LogP contribution in [0.3, 0.4) is 0 Å². The van der Waals surface area contributed by atoms with Crippen molar-refractivity contribution in [1.29, 1.82) is 0 Å². The molecule has 0 atom stereocenters. The van der Waals surface area contributed by atoms with Crippen LogP contribution in [0.2, 0.25) is 0 Å². The first-order chi connectivity index (χ1) is 10.1. The zero-order chi connectivity index (χ0) is 14.8. The van der Waals surface area contributed by atoms with Crippen LogP contribution in [0.4, 0.5) is 6.01 Å². The molecule has 2 aliphatic rings. The SMILES string of the molecule is Cc1nnc(N2CCN(C(=O)C3=NNC(=O)CC3)CC2)o1. The molecule has 1 saturated heterocycles. The van der Waals surface area contributed by atoms with E-state index in [4.69, 9.17) is 4.42 Å². The van der Waals surface area contributed by atoms with Crippen molar-refractivity contribution in [1.82, 2.24) is 20.5 Å². The highest BCUT2D eigenvalue weighted by atomic mass is 16.4. The Kier molecular flexibility index (Phi) is 3.55. The van der Waals surface area contributed by atoms with Crippen LogP contribution in [0.5, 0.6) is 0 Å². The minimum absolute atomic E-state index is 0.114. The molecule has 2 aliphatic heterocycles. The van der Waals surface area contributed by atoms with Crippen molar-refractivity contribution in [2.45, 2.75) is 19.8 Å². The van der Waals surface area contributed by atoms with E-state index < -0.39 is 0 Å². The fourth-order valence-electron chi connectivity index (χ4n) is 2.33. The van der Waals surface area contributed by atoms with Gasteiger partial charge in [0.2, 0.25) is 11.8 Å². The van der Waals surface area contributed by atoms with Gasteiger partial charge in [-0.1, -0.05) is 5.10 Å². The zero-order valence-corrected chi connectivity index (χ0v) is 11.7. The maximum atomic E-state index is 12.3. The van der Waals surface area contributed by atoms with Crippen LogP contribution in [0.25, 0.3) is 0 Å². The molecule has 21 heavy (non-hydrogen) atoms. The number of nitrogens with zero attached hydrogens (tertiary/aromatic N) is 5. The van der Waals surface area contributed by atoms with Gasteiger partial charge in [0, 0.05) is 45.9 Å². The van der Waals surface area contributed by atoms with Crippen LogP contribution in [0, 0.1) is 6.92 Å². The van der Waals surface area contributed by atoms with Gasteiger partial charge < -0.3 is 14.2 Å². The molecule has 0 aromatic carbocycles. The lowest BCUT2D eigenvalue weighted by molar-refractivity contribution is -0.124. The van der Waals surface area contributed by atoms with E-state index in [0.717, 1.165) is 0 Å². The number of hydrazone groups is 1. The summed E-state index contributed by atoms with van der Waals surface area (Å²) in [7, 11) is 0. The summed E-state index contributed by atoms with van der Waals surface area (Å²) >= 11 is 0. The van der Waals surface area contributed by atoms with E-state index in [1.807, 2.05) is 4.90 Å². The summed E-state index contributed by atoms with van der Waals surface area (Å²) in [5, 5.41) is 11.6. The molecular formula is C12H16N6O3. The minimum atomic E-state index is -0.150. The van der Waals surface area contributed by atoms with Crippen molar-refractivity contribution in [2.24, 2.45) is 5.10 Å². The van der Waals surface area contributed by atoms with Crippen LogP contribution in [-0.2, 0) is 9.59 Å². The first-order valence-corrected chi connectivity index (χ1v) is 6.83. The molecule has 1 N–H and O–H groups in total. The highest BCUT2D eigenvalue weighted by molar-refractivity contribution is 6.39. The number of nitrogens with one attached hydrogen (secondary N) is 1. The summed E-state index contributed by atoms with van der Waals surface area (Å²) in [5.74, 6) is 0.260. The summed E-state index contributed by atoms with van der Waals surface area (Å²) in [4.78, 5) is 27.0. The minimum Gasteiger partial charge on any atom is -0.408 e. The summed E-state index contributed by atoms with van der Waals surface area (Å²) < 4.78 is 5.38. The van der Waals surface area contributed by atoms with Gasteiger partial charge in [0.15, 0.2) is 0 Å². The van der Waals surface area contributed by atoms with Gasteiger partial charge >= 0.3 is 6.01 Å². The van der Waals surface area contributed by atoms with E-state index in [1.54, 1.807) is 11.8 Å². The van der Waals surface area contributed by atoms with Gasteiger partial charge in [-0.15, -0.1) is 5.10 Å². The zero-order valence-electron chi connectivity index (χ0n) is 11.7. The lowest BCUT2D eigenvalue weighted by atomic mass is 10.1. The van der Waals surface area contributed by atoms with Crippen LogP contribution in [0.15, 0.2) is 9.52 Å². The fraction of sp³-hybridized carbons (Fsp3) is 0.583. The summed E-state index contributed by atoms with van der Waals surface area (Å²) in [6.07, 6.45) is 0.708. The normalized spacial score (nSPS) is 19.3. The smallest absolute Gasteiger partial charge is 0.318 e. The average Bonchev–Trinajstić information content (AvgIpc) is 2.94. The number of aromatic nitrogens is 2. The Morgan fingerprint density at radius 3 is 2.52 bits per heavy atom. The maximum Gasteiger partial charge on any atom is 0.318 e. The number of carbonyl (C=O) groups is 2. The molecule has 1 fully saturated rings. The van der Waals surface area contributed by atoms with Gasteiger partial charge in [0.1, 0.15) is 5.71 Å². The third kappa shape index (κ3) is 2.86. The van der Waals surface area contributed by atoms with Crippen LogP contribution >= 0.6 is 0 Å². The Morgan fingerprint density at radius 2 is 1.95 bits per heavy atom. The molecule has 0 radical (unpaired) electrons. The molecule has 1 aromatic rings. The maximum absolute atomic E-state index is 12.3. The standard InChI is InChI=1S/C12H16N6O3/c1-8-13-16-12(21-8)18-6-4-17(5-7-18)11(20)9-2-3-10(19)15-14-9/h2-7H2,1H3,(H,15,19). The molecule has 9 nitrogen and oxygen atoms in total. The molecule has 0 unspecified atom stereocenters. The number of hydrogen-bond acceptors (Lipinski definition) is 7. The summed E-state index contributed by atoms with van der Waals surface area (Å²) in [5.41, 5.74) is 2.76. The van der Waals surface area contributed by atoms with Gasteiger partial charge in [-0.05, 0) is 0 Å². The number of piperazine rings is 1. The van der Waals surface area contributed by atoms with Gasteiger partial charge in [0.05, 0.1) is 0 Å². The molecule has 0 saturated carbocycles. The van der Waals surface area contributed by atoms with E-state index in [0.29, 0.717) is 56.6 Å². The Morgan fingerprint density at radius 1 is 1.19 bits per heavy atom. The second-order valence-electron chi connectivity index (χ2n) is 4.98. The van der Waals surface area contributed by atoms with Crippen molar-refractivity contribution in [3.63, 3.8) is 0 Å². The van der Waals surface area contributed by atoms with Crippen LogP contribution in [0.1, 0.15) is 18.7 Å². The summed E-state index contributed by atoms with van der Waals surface area (Å²) in [6.45, 7) is 4.13. The van der Waals surface area contributed by atoms with E-state index in [9.17, 15) is 9.59 Å². The van der Waals surface area contributed by atoms with Gasteiger partial charge in [-0.2, -0.15) is 5.10 Å². The van der Waals surface area contributed by atoms with Crippen LogP contribution < -0.4 is 10.3 Å². The Labute approximate surface area is 121 Å². The number of anilines is 1. The average molecular weight is 292 g/mol. The van der Waals surface area contributed by atoms with Gasteiger partial charge in [-0.3, -0.25) is 9.59 Å². The molecule has 9 heteroatoms. The first-order valence-electron chi connectivity index (χ1n) is 6.83. The highest BCUT2D eigenvalue weighted by Crippen LogP contribution is 2.15. The predicted octanol–water partition coefficient (Wildman–Crippen LogP) is -0.707. The molecule has 2 amide bonds. The van der Waals surface area contributed by atoms with Crippen molar-refractivity contribution < 1.29 is 14.0 Å². The lowest BCUT2D eigenvalue weighted by Gasteiger charge is -2.34. The highest BCUT2D eigenvalue weighted by Gasteiger charge is 2.28. The van der Waals surface area contributed by atoms with Gasteiger partial charge in [-0.25, -0.2) is 5.43 Å². The first kappa shape index (κ1) is 13.5. The van der Waals surface area contributed by atoms with E-state index in [2.05, 4.69) is 20.7 Å².